The van der Waals surface area contributed by atoms with E-state index in [1.54, 1.807) is 6.26 Å². The fourth-order valence-corrected chi connectivity index (χ4v) is 1.57. The van der Waals surface area contributed by atoms with Gasteiger partial charge in [0.2, 0.25) is 0 Å². The highest BCUT2D eigenvalue weighted by atomic mass is 16.4. The highest BCUT2D eigenvalue weighted by Gasteiger charge is 2.22. The van der Waals surface area contributed by atoms with E-state index in [-0.39, 0.29) is 0 Å². The van der Waals surface area contributed by atoms with Gasteiger partial charge in [0.05, 0.1) is 6.26 Å². The molecule has 2 N–H and O–H groups in total. The molecule has 1 aliphatic rings. The van der Waals surface area contributed by atoms with Gasteiger partial charge in [-0.05, 0) is 12.5 Å². The molecule has 1 atom stereocenters. The lowest BCUT2D eigenvalue weighted by Crippen LogP contribution is -2.35. The normalized spacial score (nSPS) is 22.0. The maximum absolute atomic E-state index is 10.7. The van der Waals surface area contributed by atoms with Crippen LogP contribution in [0.4, 0.5) is 0 Å². The molecule has 1 aromatic rings. The van der Waals surface area contributed by atoms with Crippen LogP contribution in [0.3, 0.4) is 0 Å². The van der Waals surface area contributed by atoms with E-state index in [9.17, 15) is 4.79 Å². The minimum Gasteiger partial charge on any atom is -0.480 e. The van der Waals surface area contributed by atoms with Crippen molar-refractivity contribution in [3.05, 3.63) is 23.7 Å². The summed E-state index contributed by atoms with van der Waals surface area (Å²) in [5, 5.41) is 11.8. The summed E-state index contributed by atoms with van der Waals surface area (Å²) < 4.78 is 5.23. The van der Waals surface area contributed by atoms with Crippen molar-refractivity contribution >= 4 is 5.97 Å². The van der Waals surface area contributed by atoms with Crippen LogP contribution in [0.15, 0.2) is 16.7 Å². The molecular weight excluding hydrogens is 170 g/mol. The molecule has 2 rings (SSSR count). The van der Waals surface area contributed by atoms with Crippen molar-refractivity contribution in [3.63, 3.8) is 0 Å². The summed E-state index contributed by atoms with van der Waals surface area (Å²) in [6.45, 7) is 0.586. The standard InChI is InChI=1S/C9H11NO3/c11-9(12)7-1-2-8-6(5-10-7)3-4-13-8/h3-4,7,10H,1-2,5H2,(H,11,12). The average Bonchev–Trinajstić information content (AvgIpc) is 2.44. The average molecular weight is 181 g/mol. The van der Waals surface area contributed by atoms with Crippen LogP contribution in [0, 0.1) is 0 Å². The minimum absolute atomic E-state index is 0.442. The number of furan rings is 1. The number of carboxylic acids is 1. The zero-order valence-electron chi connectivity index (χ0n) is 7.12. The zero-order chi connectivity index (χ0) is 9.26. The summed E-state index contributed by atoms with van der Waals surface area (Å²) in [6, 6.07) is 1.44. The van der Waals surface area contributed by atoms with Crippen molar-refractivity contribution in [3.8, 4) is 0 Å². The molecule has 2 heterocycles. The lowest BCUT2D eigenvalue weighted by molar-refractivity contribution is -0.139. The highest BCUT2D eigenvalue weighted by Crippen LogP contribution is 2.17. The van der Waals surface area contributed by atoms with Crippen molar-refractivity contribution < 1.29 is 14.3 Å². The first kappa shape index (κ1) is 8.31. The maximum atomic E-state index is 10.7. The first-order valence-corrected chi connectivity index (χ1v) is 4.29. The fourth-order valence-electron chi connectivity index (χ4n) is 1.57. The van der Waals surface area contributed by atoms with E-state index in [4.69, 9.17) is 9.52 Å². The van der Waals surface area contributed by atoms with E-state index in [2.05, 4.69) is 5.32 Å². The number of hydrogen-bond donors (Lipinski definition) is 2. The molecule has 13 heavy (non-hydrogen) atoms. The lowest BCUT2D eigenvalue weighted by Gasteiger charge is -2.08. The van der Waals surface area contributed by atoms with Gasteiger partial charge in [0.25, 0.3) is 0 Å². The molecule has 0 aromatic carbocycles. The number of hydrogen-bond acceptors (Lipinski definition) is 3. The van der Waals surface area contributed by atoms with Gasteiger partial charge in [-0.15, -0.1) is 0 Å². The van der Waals surface area contributed by atoms with Crippen molar-refractivity contribution in [1.82, 2.24) is 5.32 Å². The second-order valence-electron chi connectivity index (χ2n) is 3.18. The highest BCUT2D eigenvalue weighted by molar-refractivity contribution is 5.73. The third kappa shape index (κ3) is 1.58. The van der Waals surface area contributed by atoms with Crippen molar-refractivity contribution in [1.29, 1.82) is 0 Å². The van der Waals surface area contributed by atoms with Crippen molar-refractivity contribution in [2.45, 2.75) is 25.4 Å². The maximum Gasteiger partial charge on any atom is 0.320 e. The summed E-state index contributed by atoms with van der Waals surface area (Å²) in [5.74, 6) is 0.126. The smallest absolute Gasteiger partial charge is 0.320 e. The van der Waals surface area contributed by atoms with E-state index in [0.717, 1.165) is 11.3 Å². The van der Waals surface area contributed by atoms with Gasteiger partial charge >= 0.3 is 5.97 Å². The molecule has 4 heteroatoms. The number of aliphatic carboxylic acids is 1. The molecule has 1 aromatic heterocycles. The predicted octanol–water partition coefficient (Wildman–Crippen LogP) is 0.769. The lowest BCUT2D eigenvalue weighted by atomic mass is 10.1. The summed E-state index contributed by atoms with van der Waals surface area (Å²) in [5.41, 5.74) is 1.07. The number of carboxylic acid groups (broad SMARTS) is 1. The van der Waals surface area contributed by atoms with Crippen LogP contribution in [0.1, 0.15) is 17.7 Å². The minimum atomic E-state index is -0.787. The molecule has 0 bridgehead atoms. The van der Waals surface area contributed by atoms with Crippen LogP contribution in [0.25, 0.3) is 0 Å². The van der Waals surface area contributed by atoms with Gasteiger partial charge in [-0.3, -0.25) is 4.79 Å². The number of aryl methyl sites for hydroxylation is 1. The van der Waals surface area contributed by atoms with E-state index in [0.29, 0.717) is 19.4 Å². The monoisotopic (exact) mass is 181 g/mol. The second-order valence-corrected chi connectivity index (χ2v) is 3.18. The van der Waals surface area contributed by atoms with Gasteiger partial charge in [-0.1, -0.05) is 0 Å². The largest absolute Gasteiger partial charge is 0.480 e. The number of carbonyl (C=O) groups is 1. The Balaban J connectivity index is 2.12. The van der Waals surface area contributed by atoms with Gasteiger partial charge < -0.3 is 14.8 Å². The van der Waals surface area contributed by atoms with E-state index in [1.807, 2.05) is 6.07 Å². The van der Waals surface area contributed by atoms with Gasteiger partial charge in [0.1, 0.15) is 11.8 Å². The predicted molar refractivity (Wildman–Crippen MR) is 45.3 cm³/mol. The van der Waals surface area contributed by atoms with Gasteiger partial charge in [-0.2, -0.15) is 0 Å². The Labute approximate surface area is 75.6 Å². The Morgan fingerprint density at radius 2 is 2.54 bits per heavy atom. The van der Waals surface area contributed by atoms with Crippen LogP contribution >= 0.6 is 0 Å². The summed E-state index contributed by atoms with van der Waals surface area (Å²) in [7, 11) is 0. The molecule has 1 aliphatic heterocycles. The Morgan fingerprint density at radius 3 is 3.31 bits per heavy atom. The number of rotatable bonds is 1. The topological polar surface area (TPSA) is 62.5 Å². The van der Waals surface area contributed by atoms with E-state index < -0.39 is 12.0 Å². The first-order valence-electron chi connectivity index (χ1n) is 4.29. The molecule has 4 nitrogen and oxygen atoms in total. The van der Waals surface area contributed by atoms with E-state index in [1.165, 1.54) is 0 Å². The van der Waals surface area contributed by atoms with Gasteiger partial charge in [-0.25, -0.2) is 0 Å². The quantitative estimate of drug-likeness (QED) is 0.671. The third-order valence-corrected chi connectivity index (χ3v) is 2.33. The van der Waals surface area contributed by atoms with Crippen LogP contribution in [-0.2, 0) is 17.8 Å². The van der Waals surface area contributed by atoms with Gasteiger partial charge in [0, 0.05) is 18.5 Å². The Bertz CT molecular complexity index is 296. The number of fused-ring (bicyclic) bond motifs is 1. The first-order chi connectivity index (χ1) is 6.27. The Hall–Kier alpha value is -1.29. The van der Waals surface area contributed by atoms with Crippen LogP contribution in [-0.4, -0.2) is 17.1 Å². The molecule has 1 unspecified atom stereocenters. The molecule has 0 aliphatic carbocycles. The SMILES string of the molecule is O=C(O)C1CCc2occc2CN1. The van der Waals surface area contributed by atoms with Gasteiger partial charge in [0.15, 0.2) is 0 Å². The molecule has 0 saturated carbocycles. The molecule has 0 saturated heterocycles. The van der Waals surface area contributed by atoms with Crippen LogP contribution in [0.2, 0.25) is 0 Å². The fraction of sp³-hybridized carbons (Fsp3) is 0.444. The van der Waals surface area contributed by atoms with E-state index >= 15 is 0 Å². The molecular formula is C9H11NO3. The molecule has 0 radical (unpaired) electrons. The molecule has 0 spiro atoms. The van der Waals surface area contributed by atoms with Crippen molar-refractivity contribution in [2.24, 2.45) is 0 Å². The Morgan fingerprint density at radius 1 is 1.69 bits per heavy atom. The summed E-state index contributed by atoms with van der Waals surface area (Å²) >= 11 is 0. The second kappa shape index (κ2) is 3.22. The van der Waals surface area contributed by atoms with Crippen molar-refractivity contribution in [2.75, 3.05) is 0 Å². The Kier molecular flexibility index (Phi) is 2.06. The molecule has 70 valence electrons. The summed E-state index contributed by atoms with van der Waals surface area (Å²) in [6.07, 6.45) is 2.94. The van der Waals surface area contributed by atoms with Crippen LogP contribution in [0.5, 0.6) is 0 Å². The van der Waals surface area contributed by atoms with Crippen LogP contribution < -0.4 is 5.32 Å². The zero-order valence-corrected chi connectivity index (χ0v) is 7.12. The summed E-state index contributed by atoms with van der Waals surface area (Å²) in [4.78, 5) is 10.7. The molecule has 0 amide bonds. The molecule has 0 fully saturated rings. The third-order valence-electron chi connectivity index (χ3n) is 2.33. The number of nitrogens with one attached hydrogen (secondary N) is 1.